The van der Waals surface area contributed by atoms with Crippen molar-refractivity contribution < 1.29 is 4.79 Å². The molecule has 0 unspecified atom stereocenters. The average Bonchev–Trinajstić information content (AvgIpc) is 2.27. The van der Waals surface area contributed by atoms with Crippen molar-refractivity contribution in [3.8, 4) is 0 Å². The van der Waals surface area contributed by atoms with Crippen LogP contribution in [0.1, 0.15) is 15.9 Å². The lowest BCUT2D eigenvalue weighted by Crippen LogP contribution is -2.12. The minimum absolute atomic E-state index is 0.179. The molecule has 1 N–H and O–H groups in total. The topological polar surface area (TPSA) is 42.0 Å². The van der Waals surface area contributed by atoms with Crippen LogP contribution in [0.15, 0.2) is 41.0 Å². The van der Waals surface area contributed by atoms with E-state index >= 15 is 0 Å². The number of nitrogens with zero attached hydrogens (tertiary/aromatic N) is 1. The third-order valence-corrected chi connectivity index (χ3v) is 2.95. The Bertz CT molecular complexity index is 581. The Hall–Kier alpha value is -1.39. The van der Waals surface area contributed by atoms with E-state index in [-0.39, 0.29) is 5.91 Å². The molecule has 5 heteroatoms. The minimum Gasteiger partial charge on any atom is -0.322 e. The van der Waals surface area contributed by atoms with Gasteiger partial charge in [-0.25, -0.2) is 4.98 Å². The molecule has 0 radical (unpaired) electrons. The van der Waals surface area contributed by atoms with Crippen molar-refractivity contribution in [2.75, 3.05) is 5.32 Å². The van der Waals surface area contributed by atoms with Gasteiger partial charge in [0.15, 0.2) is 0 Å². The van der Waals surface area contributed by atoms with Crippen LogP contribution in [0.2, 0.25) is 5.15 Å². The predicted octanol–water partition coefficient (Wildman–Crippen LogP) is 4.06. The van der Waals surface area contributed by atoms with E-state index in [9.17, 15) is 4.79 Å². The van der Waals surface area contributed by atoms with E-state index in [0.717, 1.165) is 10.0 Å². The van der Waals surface area contributed by atoms with Crippen molar-refractivity contribution in [2.45, 2.75) is 6.92 Å². The average molecular weight is 326 g/mol. The molecule has 0 aliphatic carbocycles. The summed E-state index contributed by atoms with van der Waals surface area (Å²) >= 11 is 9.12. The Kier molecular flexibility index (Phi) is 3.99. The molecule has 0 spiro atoms. The fraction of sp³-hybridized carbons (Fsp3) is 0.0769. The van der Waals surface area contributed by atoms with Gasteiger partial charge in [-0.3, -0.25) is 4.79 Å². The molecule has 3 nitrogen and oxygen atoms in total. The fourth-order valence-electron chi connectivity index (χ4n) is 1.55. The molecule has 1 amide bonds. The van der Waals surface area contributed by atoms with Gasteiger partial charge in [-0.05, 0) is 42.8 Å². The van der Waals surface area contributed by atoms with Crippen molar-refractivity contribution in [3.05, 3.63) is 57.3 Å². The lowest BCUT2D eigenvalue weighted by atomic mass is 10.1. The maximum atomic E-state index is 12.0. The Labute approximate surface area is 118 Å². The highest BCUT2D eigenvalue weighted by Crippen LogP contribution is 2.17. The van der Waals surface area contributed by atoms with E-state index < -0.39 is 0 Å². The Morgan fingerprint density at radius 1 is 1.33 bits per heavy atom. The molecule has 1 heterocycles. The summed E-state index contributed by atoms with van der Waals surface area (Å²) in [5, 5.41) is 3.11. The molecule has 1 aromatic carbocycles. The number of carbonyl (C=O) groups excluding carboxylic acids is 1. The molecule has 0 saturated carbocycles. The van der Waals surface area contributed by atoms with E-state index in [4.69, 9.17) is 11.6 Å². The van der Waals surface area contributed by atoms with Crippen LogP contribution in [-0.4, -0.2) is 10.9 Å². The van der Waals surface area contributed by atoms with Crippen LogP contribution in [0.25, 0.3) is 0 Å². The molecule has 0 atom stereocenters. The first-order valence-electron chi connectivity index (χ1n) is 5.25. The number of hydrogen-bond donors (Lipinski definition) is 1. The quantitative estimate of drug-likeness (QED) is 0.846. The number of hydrogen-bond acceptors (Lipinski definition) is 2. The zero-order valence-corrected chi connectivity index (χ0v) is 11.9. The fourth-order valence-corrected chi connectivity index (χ4v) is 2.33. The summed E-state index contributed by atoms with van der Waals surface area (Å²) in [7, 11) is 0. The van der Waals surface area contributed by atoms with Gasteiger partial charge >= 0.3 is 0 Å². The second kappa shape index (κ2) is 5.50. The van der Waals surface area contributed by atoms with Crippen molar-refractivity contribution in [1.82, 2.24) is 4.98 Å². The van der Waals surface area contributed by atoms with Gasteiger partial charge in [-0.2, -0.15) is 0 Å². The molecule has 92 valence electrons. The van der Waals surface area contributed by atoms with Crippen molar-refractivity contribution >= 4 is 39.1 Å². The van der Waals surface area contributed by atoms with E-state index in [0.29, 0.717) is 16.4 Å². The molecule has 2 rings (SSSR count). The molecule has 0 bridgehead atoms. The summed E-state index contributed by atoms with van der Waals surface area (Å²) in [6.45, 7) is 1.94. The number of carbonyl (C=O) groups is 1. The Balaban J connectivity index is 2.22. The first-order valence-corrected chi connectivity index (χ1v) is 6.42. The number of nitrogens with one attached hydrogen (secondary N) is 1. The lowest BCUT2D eigenvalue weighted by Gasteiger charge is -2.06. The van der Waals surface area contributed by atoms with Crippen LogP contribution < -0.4 is 5.32 Å². The molecule has 1 aromatic heterocycles. The van der Waals surface area contributed by atoms with E-state index in [1.165, 1.54) is 0 Å². The smallest absolute Gasteiger partial charge is 0.255 e. The maximum absolute atomic E-state index is 12.0. The highest BCUT2D eigenvalue weighted by molar-refractivity contribution is 9.10. The zero-order chi connectivity index (χ0) is 13.1. The summed E-state index contributed by atoms with van der Waals surface area (Å²) in [5.41, 5.74) is 2.23. The molecule has 0 saturated heterocycles. The van der Waals surface area contributed by atoms with Crippen LogP contribution in [0, 0.1) is 6.92 Å². The highest BCUT2D eigenvalue weighted by atomic mass is 79.9. The van der Waals surface area contributed by atoms with Gasteiger partial charge < -0.3 is 5.32 Å². The number of anilines is 1. The van der Waals surface area contributed by atoms with Crippen LogP contribution in [0.3, 0.4) is 0 Å². The standard InChI is InChI=1S/C13H10BrClN2O/c1-8-4-9(6-10(14)5-8)13(18)17-11-2-3-16-12(15)7-11/h2-7H,1H3,(H,16,17,18). The first kappa shape index (κ1) is 13.1. The Morgan fingerprint density at radius 2 is 2.11 bits per heavy atom. The molecule has 0 fully saturated rings. The molecule has 0 aliphatic heterocycles. The molecular formula is C13H10BrClN2O. The van der Waals surface area contributed by atoms with Crippen molar-refractivity contribution in [1.29, 1.82) is 0 Å². The molecule has 18 heavy (non-hydrogen) atoms. The van der Waals surface area contributed by atoms with Gasteiger partial charge in [0.25, 0.3) is 5.91 Å². The van der Waals surface area contributed by atoms with Gasteiger partial charge in [0.05, 0.1) is 0 Å². The Morgan fingerprint density at radius 3 is 2.78 bits per heavy atom. The molecule has 0 aliphatic rings. The number of halogens is 2. The normalized spacial score (nSPS) is 10.2. The van der Waals surface area contributed by atoms with Gasteiger partial charge in [-0.1, -0.05) is 27.5 Å². The number of amides is 1. The van der Waals surface area contributed by atoms with Gasteiger partial charge in [0.1, 0.15) is 5.15 Å². The van der Waals surface area contributed by atoms with E-state index in [1.807, 2.05) is 19.1 Å². The summed E-state index contributed by atoms with van der Waals surface area (Å²) in [4.78, 5) is 15.9. The van der Waals surface area contributed by atoms with Crippen LogP contribution in [0.5, 0.6) is 0 Å². The first-order chi connectivity index (χ1) is 8.54. The van der Waals surface area contributed by atoms with Crippen molar-refractivity contribution in [2.24, 2.45) is 0 Å². The van der Waals surface area contributed by atoms with E-state index in [1.54, 1.807) is 24.4 Å². The third kappa shape index (κ3) is 3.31. The van der Waals surface area contributed by atoms with Crippen LogP contribution in [0.4, 0.5) is 5.69 Å². The van der Waals surface area contributed by atoms with E-state index in [2.05, 4.69) is 26.2 Å². The van der Waals surface area contributed by atoms with Crippen LogP contribution >= 0.6 is 27.5 Å². The number of aromatic nitrogens is 1. The summed E-state index contributed by atoms with van der Waals surface area (Å²) in [6, 6.07) is 8.83. The van der Waals surface area contributed by atoms with Gasteiger partial charge in [-0.15, -0.1) is 0 Å². The molecule has 2 aromatic rings. The number of aryl methyl sites for hydroxylation is 1. The number of pyridine rings is 1. The minimum atomic E-state index is -0.179. The molecular weight excluding hydrogens is 316 g/mol. The maximum Gasteiger partial charge on any atom is 0.255 e. The van der Waals surface area contributed by atoms with Gasteiger partial charge in [0, 0.05) is 21.9 Å². The SMILES string of the molecule is Cc1cc(Br)cc(C(=O)Nc2ccnc(Cl)c2)c1. The summed E-state index contributed by atoms with van der Waals surface area (Å²) < 4.78 is 0.875. The largest absolute Gasteiger partial charge is 0.322 e. The monoisotopic (exact) mass is 324 g/mol. The summed E-state index contributed by atoms with van der Waals surface area (Å²) in [5.74, 6) is -0.179. The lowest BCUT2D eigenvalue weighted by molar-refractivity contribution is 0.102. The van der Waals surface area contributed by atoms with Gasteiger partial charge in [0.2, 0.25) is 0 Å². The number of benzene rings is 1. The zero-order valence-electron chi connectivity index (χ0n) is 9.58. The second-order valence-corrected chi connectivity index (χ2v) is 5.14. The van der Waals surface area contributed by atoms with Crippen molar-refractivity contribution in [3.63, 3.8) is 0 Å². The van der Waals surface area contributed by atoms with Crippen LogP contribution in [-0.2, 0) is 0 Å². The summed E-state index contributed by atoms with van der Waals surface area (Å²) in [6.07, 6.45) is 1.55. The predicted molar refractivity (Wildman–Crippen MR) is 76.1 cm³/mol. The second-order valence-electron chi connectivity index (χ2n) is 3.84. The highest BCUT2D eigenvalue weighted by Gasteiger charge is 2.07. The number of rotatable bonds is 2. The third-order valence-electron chi connectivity index (χ3n) is 2.29.